The molecule has 2 heterocycles. The van der Waals surface area contributed by atoms with Crippen molar-refractivity contribution in [3.8, 4) is 6.07 Å². The molecule has 1 atom stereocenters. The molecule has 0 spiro atoms. The van der Waals surface area contributed by atoms with Gasteiger partial charge < -0.3 is 4.90 Å². The number of hydrogen-bond acceptors (Lipinski definition) is 3. The first-order valence-corrected chi connectivity index (χ1v) is 6.57. The summed E-state index contributed by atoms with van der Waals surface area (Å²) in [6, 6.07) is 5.27. The summed E-state index contributed by atoms with van der Waals surface area (Å²) >= 11 is 0. The van der Waals surface area contributed by atoms with Crippen LogP contribution in [-0.4, -0.2) is 28.9 Å². The molecule has 4 heteroatoms. The minimum absolute atomic E-state index is 0.0313. The fraction of sp³-hybridized carbons (Fsp3) is 0.533. The first-order chi connectivity index (χ1) is 8.91. The largest absolute Gasteiger partial charge is 0.337 e. The van der Waals surface area contributed by atoms with Crippen molar-refractivity contribution in [3.63, 3.8) is 0 Å². The molecule has 1 aromatic heterocycles. The van der Waals surface area contributed by atoms with Crippen LogP contribution in [0.2, 0.25) is 0 Å². The maximum Gasteiger partial charge on any atom is 0.272 e. The van der Waals surface area contributed by atoms with E-state index in [4.69, 9.17) is 5.26 Å². The van der Waals surface area contributed by atoms with E-state index >= 15 is 0 Å². The average molecular weight is 257 g/mol. The van der Waals surface area contributed by atoms with Gasteiger partial charge >= 0.3 is 0 Å². The Labute approximate surface area is 114 Å². The van der Waals surface area contributed by atoms with Gasteiger partial charge in [-0.15, -0.1) is 0 Å². The lowest BCUT2D eigenvalue weighted by atomic mass is 9.80. The van der Waals surface area contributed by atoms with Gasteiger partial charge in [-0.3, -0.25) is 4.79 Å². The molecular weight excluding hydrogens is 238 g/mol. The number of nitriles is 1. The number of aromatic nitrogens is 1. The molecule has 4 nitrogen and oxygen atoms in total. The Balaban J connectivity index is 2.07. The van der Waals surface area contributed by atoms with Gasteiger partial charge in [0.15, 0.2) is 0 Å². The number of hydrogen-bond donors (Lipinski definition) is 0. The van der Waals surface area contributed by atoms with E-state index in [9.17, 15) is 4.79 Å². The first-order valence-electron chi connectivity index (χ1n) is 6.57. The van der Waals surface area contributed by atoms with E-state index in [1.54, 1.807) is 12.1 Å². The van der Waals surface area contributed by atoms with Gasteiger partial charge in [-0.05, 0) is 29.9 Å². The van der Waals surface area contributed by atoms with Crippen molar-refractivity contribution < 1.29 is 4.79 Å². The summed E-state index contributed by atoms with van der Waals surface area (Å²) in [4.78, 5) is 18.2. The van der Waals surface area contributed by atoms with Gasteiger partial charge in [-0.1, -0.05) is 20.8 Å². The van der Waals surface area contributed by atoms with Crippen LogP contribution in [0.5, 0.6) is 0 Å². The predicted molar refractivity (Wildman–Crippen MR) is 72.4 cm³/mol. The number of amides is 1. The van der Waals surface area contributed by atoms with Gasteiger partial charge in [-0.25, -0.2) is 4.98 Å². The molecule has 0 saturated carbocycles. The van der Waals surface area contributed by atoms with Crippen molar-refractivity contribution in [3.05, 3.63) is 29.6 Å². The first kappa shape index (κ1) is 13.5. The maximum atomic E-state index is 12.3. The van der Waals surface area contributed by atoms with Crippen LogP contribution in [-0.2, 0) is 0 Å². The smallest absolute Gasteiger partial charge is 0.272 e. The fourth-order valence-electron chi connectivity index (χ4n) is 2.40. The minimum atomic E-state index is -0.0313. The van der Waals surface area contributed by atoms with E-state index in [-0.39, 0.29) is 11.3 Å². The molecule has 1 amide bonds. The summed E-state index contributed by atoms with van der Waals surface area (Å²) in [6.45, 7) is 8.23. The molecule has 0 radical (unpaired) electrons. The minimum Gasteiger partial charge on any atom is -0.337 e. The number of nitrogens with zero attached hydrogens (tertiary/aromatic N) is 3. The van der Waals surface area contributed by atoms with Crippen LogP contribution in [0.1, 0.15) is 43.2 Å². The van der Waals surface area contributed by atoms with Crippen molar-refractivity contribution in [2.24, 2.45) is 11.3 Å². The van der Waals surface area contributed by atoms with Crippen LogP contribution in [0.3, 0.4) is 0 Å². The van der Waals surface area contributed by atoms with Crippen LogP contribution >= 0.6 is 0 Å². The van der Waals surface area contributed by atoms with Gasteiger partial charge in [0, 0.05) is 19.3 Å². The third kappa shape index (κ3) is 2.93. The number of carbonyl (C=O) groups excluding carboxylic acids is 1. The Morgan fingerprint density at radius 3 is 2.68 bits per heavy atom. The van der Waals surface area contributed by atoms with E-state index in [1.165, 1.54) is 6.20 Å². The van der Waals surface area contributed by atoms with Gasteiger partial charge in [0.2, 0.25) is 0 Å². The highest BCUT2D eigenvalue weighted by Crippen LogP contribution is 2.33. The highest BCUT2D eigenvalue weighted by atomic mass is 16.2. The van der Waals surface area contributed by atoms with Crippen molar-refractivity contribution in [1.82, 2.24) is 9.88 Å². The molecule has 1 aliphatic heterocycles. The van der Waals surface area contributed by atoms with Crippen LogP contribution < -0.4 is 0 Å². The Bertz CT molecular complexity index is 508. The molecular formula is C15H19N3O. The second kappa shape index (κ2) is 5.00. The zero-order valence-corrected chi connectivity index (χ0v) is 11.7. The van der Waals surface area contributed by atoms with Crippen LogP contribution in [0, 0.1) is 22.7 Å². The Morgan fingerprint density at radius 2 is 2.21 bits per heavy atom. The Morgan fingerprint density at radius 1 is 1.47 bits per heavy atom. The van der Waals surface area contributed by atoms with Crippen LogP contribution in [0.25, 0.3) is 0 Å². The van der Waals surface area contributed by atoms with E-state index in [0.717, 1.165) is 19.5 Å². The molecule has 0 bridgehead atoms. The topological polar surface area (TPSA) is 57.0 Å². The molecule has 19 heavy (non-hydrogen) atoms. The molecule has 1 fully saturated rings. The zero-order chi connectivity index (χ0) is 14.0. The zero-order valence-electron chi connectivity index (χ0n) is 11.7. The second-order valence-corrected chi connectivity index (χ2v) is 6.15. The molecule has 0 aromatic carbocycles. The number of rotatable bonds is 1. The highest BCUT2D eigenvalue weighted by molar-refractivity contribution is 5.92. The van der Waals surface area contributed by atoms with Crippen molar-refractivity contribution in [2.45, 2.75) is 27.2 Å². The highest BCUT2D eigenvalue weighted by Gasteiger charge is 2.34. The fourth-order valence-corrected chi connectivity index (χ4v) is 2.40. The van der Waals surface area contributed by atoms with E-state index < -0.39 is 0 Å². The average Bonchev–Trinajstić information content (AvgIpc) is 2.87. The van der Waals surface area contributed by atoms with Crippen LogP contribution in [0.4, 0.5) is 0 Å². The van der Waals surface area contributed by atoms with Crippen LogP contribution in [0.15, 0.2) is 18.3 Å². The number of pyridine rings is 1. The van der Waals surface area contributed by atoms with Gasteiger partial charge in [0.1, 0.15) is 11.8 Å². The summed E-state index contributed by atoms with van der Waals surface area (Å²) in [6.07, 6.45) is 2.50. The standard InChI is InChI=1S/C15H19N3O/c1-15(2,3)12-6-7-18(10-12)14(19)13-5-4-11(8-16)9-17-13/h4-5,9,12H,6-7,10H2,1-3H3. The SMILES string of the molecule is CC(C)(C)C1CCN(C(=O)c2ccc(C#N)cn2)C1. The second-order valence-electron chi connectivity index (χ2n) is 6.15. The van der Waals surface area contributed by atoms with Crippen molar-refractivity contribution >= 4 is 5.91 Å². The number of carbonyl (C=O) groups is 1. The monoisotopic (exact) mass is 257 g/mol. The van der Waals surface area contributed by atoms with Gasteiger partial charge in [0.05, 0.1) is 5.56 Å². The summed E-state index contributed by atoms with van der Waals surface area (Å²) in [5.74, 6) is 0.506. The lowest BCUT2D eigenvalue weighted by molar-refractivity contribution is 0.0771. The lowest BCUT2D eigenvalue weighted by Crippen LogP contribution is -2.31. The van der Waals surface area contributed by atoms with Gasteiger partial charge in [-0.2, -0.15) is 5.26 Å². The third-order valence-corrected chi connectivity index (χ3v) is 3.81. The van der Waals surface area contributed by atoms with Crippen molar-refractivity contribution in [2.75, 3.05) is 13.1 Å². The normalized spacial score (nSPS) is 19.3. The van der Waals surface area contributed by atoms with Crippen molar-refractivity contribution in [1.29, 1.82) is 5.26 Å². The van der Waals surface area contributed by atoms with Gasteiger partial charge in [0.25, 0.3) is 5.91 Å². The third-order valence-electron chi connectivity index (χ3n) is 3.81. The molecule has 0 aliphatic carbocycles. The van der Waals surface area contributed by atoms with E-state index in [0.29, 0.717) is 17.2 Å². The number of likely N-dealkylation sites (tertiary alicyclic amines) is 1. The molecule has 100 valence electrons. The summed E-state index contributed by atoms with van der Waals surface area (Å²) in [5.41, 5.74) is 1.13. The molecule has 1 aliphatic rings. The Hall–Kier alpha value is -1.89. The Kier molecular flexibility index (Phi) is 3.57. The lowest BCUT2D eigenvalue weighted by Gasteiger charge is -2.26. The maximum absolute atomic E-state index is 12.3. The summed E-state index contributed by atoms with van der Waals surface area (Å²) in [7, 11) is 0. The van der Waals surface area contributed by atoms with E-state index in [1.807, 2.05) is 11.0 Å². The predicted octanol–water partition coefficient (Wildman–Crippen LogP) is 2.46. The molecule has 2 rings (SSSR count). The van der Waals surface area contributed by atoms with E-state index in [2.05, 4.69) is 25.8 Å². The quantitative estimate of drug-likeness (QED) is 0.776. The molecule has 0 N–H and O–H groups in total. The molecule has 1 saturated heterocycles. The summed E-state index contributed by atoms with van der Waals surface area (Å²) in [5, 5.41) is 8.72. The molecule has 1 aromatic rings. The molecule has 1 unspecified atom stereocenters. The summed E-state index contributed by atoms with van der Waals surface area (Å²) < 4.78 is 0.